The maximum Gasteiger partial charge on any atom is 0.242 e. The molecular weight excluding hydrogens is 456 g/mol. The summed E-state index contributed by atoms with van der Waals surface area (Å²) in [7, 11) is 0. The molecule has 1 aromatic carbocycles. The van der Waals surface area contributed by atoms with E-state index >= 15 is 0 Å². The van der Waals surface area contributed by atoms with E-state index in [1.807, 2.05) is 30.9 Å². The molecule has 5 nitrogen and oxygen atoms in total. The van der Waals surface area contributed by atoms with Crippen LogP contribution in [0, 0.1) is 11.8 Å². The minimum Gasteiger partial charge on any atom is -0.491 e. The van der Waals surface area contributed by atoms with Crippen LogP contribution in [0.3, 0.4) is 0 Å². The predicted molar refractivity (Wildman–Crippen MR) is 135 cm³/mol. The molecule has 0 radical (unpaired) electrons. The summed E-state index contributed by atoms with van der Waals surface area (Å²) in [6, 6.07) is 9.19. The summed E-state index contributed by atoms with van der Waals surface area (Å²) in [5, 5.41) is 2.74. The summed E-state index contributed by atoms with van der Waals surface area (Å²) >= 11 is 7.72. The smallest absolute Gasteiger partial charge is 0.242 e. The topological polar surface area (TPSA) is 49.9 Å². The highest BCUT2D eigenvalue weighted by Gasteiger charge is 2.33. The standard InChI is InChI=1S/C26H35ClN2O3S/c1-5-19(4)15-28(25(30)14-18(2)3)16-26(31)29-12-10-24-22(11-13-33-24)23(29)17-32-21-8-6-20(27)7-9-21/h6-9,11,13,18-19,23H,5,10,12,14-17H2,1-4H3/t19-,23+/m1/s1. The summed E-state index contributed by atoms with van der Waals surface area (Å²) in [6.07, 6.45) is 2.27. The van der Waals surface area contributed by atoms with Crippen LogP contribution < -0.4 is 4.74 Å². The Kier molecular flexibility index (Phi) is 9.21. The minimum atomic E-state index is -0.172. The van der Waals surface area contributed by atoms with Crippen LogP contribution >= 0.6 is 22.9 Å². The van der Waals surface area contributed by atoms with Crippen LogP contribution in [0.4, 0.5) is 0 Å². The second kappa shape index (κ2) is 11.9. The molecule has 33 heavy (non-hydrogen) atoms. The van der Waals surface area contributed by atoms with E-state index in [4.69, 9.17) is 16.3 Å². The van der Waals surface area contributed by atoms with Crippen molar-refractivity contribution in [1.29, 1.82) is 0 Å². The van der Waals surface area contributed by atoms with Crippen molar-refractivity contribution in [3.05, 3.63) is 51.2 Å². The van der Waals surface area contributed by atoms with Crippen molar-refractivity contribution >= 4 is 34.8 Å². The lowest BCUT2D eigenvalue weighted by molar-refractivity contribution is -0.143. The molecule has 2 atom stereocenters. The van der Waals surface area contributed by atoms with E-state index in [1.165, 1.54) is 4.88 Å². The number of benzene rings is 1. The fourth-order valence-electron chi connectivity index (χ4n) is 4.07. The molecule has 0 N–H and O–H groups in total. The molecule has 1 aromatic heterocycles. The molecule has 0 bridgehead atoms. The van der Waals surface area contributed by atoms with Crippen molar-refractivity contribution in [2.45, 2.75) is 53.0 Å². The molecule has 0 fully saturated rings. The van der Waals surface area contributed by atoms with Gasteiger partial charge in [0.15, 0.2) is 0 Å². The van der Waals surface area contributed by atoms with Gasteiger partial charge in [-0.05, 0) is 59.5 Å². The Hall–Kier alpha value is -2.05. The molecule has 0 spiro atoms. The van der Waals surface area contributed by atoms with Crippen molar-refractivity contribution in [2.24, 2.45) is 11.8 Å². The number of thiophene rings is 1. The Bertz CT molecular complexity index is 928. The Balaban J connectivity index is 1.76. The van der Waals surface area contributed by atoms with Crippen LogP contribution in [-0.2, 0) is 16.0 Å². The van der Waals surface area contributed by atoms with Gasteiger partial charge >= 0.3 is 0 Å². The fraction of sp³-hybridized carbons (Fsp3) is 0.538. The van der Waals surface area contributed by atoms with E-state index in [2.05, 4.69) is 25.3 Å². The highest BCUT2D eigenvalue weighted by Crippen LogP contribution is 2.34. The summed E-state index contributed by atoms with van der Waals surface area (Å²) in [4.78, 5) is 31.4. The Morgan fingerprint density at radius 3 is 2.61 bits per heavy atom. The first-order valence-electron chi connectivity index (χ1n) is 11.8. The third kappa shape index (κ3) is 6.97. The number of fused-ring (bicyclic) bond motifs is 1. The normalized spacial score (nSPS) is 16.4. The van der Waals surface area contributed by atoms with Gasteiger partial charge in [-0.2, -0.15) is 0 Å². The van der Waals surface area contributed by atoms with Crippen molar-refractivity contribution < 1.29 is 14.3 Å². The minimum absolute atomic E-state index is 0.0167. The largest absolute Gasteiger partial charge is 0.491 e. The lowest BCUT2D eigenvalue weighted by Gasteiger charge is -2.37. The molecule has 2 heterocycles. The first-order chi connectivity index (χ1) is 15.8. The summed E-state index contributed by atoms with van der Waals surface area (Å²) < 4.78 is 6.07. The molecular formula is C26H35ClN2O3S. The first kappa shape index (κ1) is 25.6. The van der Waals surface area contributed by atoms with Gasteiger partial charge in [0.1, 0.15) is 12.4 Å². The van der Waals surface area contributed by atoms with Crippen molar-refractivity contribution in [3.8, 4) is 5.75 Å². The van der Waals surface area contributed by atoms with E-state index < -0.39 is 0 Å². The van der Waals surface area contributed by atoms with Gasteiger partial charge in [-0.25, -0.2) is 0 Å². The molecule has 7 heteroatoms. The van der Waals surface area contributed by atoms with Crippen molar-refractivity contribution in [1.82, 2.24) is 9.80 Å². The summed E-state index contributed by atoms with van der Waals surface area (Å²) in [5.41, 5.74) is 1.15. The zero-order valence-corrected chi connectivity index (χ0v) is 21.6. The van der Waals surface area contributed by atoms with E-state index in [9.17, 15) is 9.59 Å². The lowest BCUT2D eigenvalue weighted by Crippen LogP contribution is -2.48. The second-order valence-electron chi connectivity index (χ2n) is 9.30. The van der Waals surface area contributed by atoms with Gasteiger partial charge in [0.05, 0.1) is 12.6 Å². The molecule has 0 saturated heterocycles. The van der Waals surface area contributed by atoms with Gasteiger partial charge in [-0.15, -0.1) is 11.3 Å². The molecule has 2 amide bonds. The van der Waals surface area contributed by atoms with Crippen LogP contribution in [0.2, 0.25) is 5.02 Å². The van der Waals surface area contributed by atoms with E-state index in [-0.39, 0.29) is 30.3 Å². The highest BCUT2D eigenvalue weighted by molar-refractivity contribution is 7.10. The number of hydrogen-bond donors (Lipinski definition) is 0. The number of carbonyl (C=O) groups excluding carboxylic acids is 2. The zero-order valence-electron chi connectivity index (χ0n) is 20.1. The number of ether oxygens (including phenoxy) is 1. The number of carbonyl (C=O) groups is 2. The van der Waals surface area contributed by atoms with Crippen LogP contribution in [0.1, 0.15) is 57.0 Å². The number of rotatable bonds is 10. The number of nitrogens with zero attached hydrogens (tertiary/aromatic N) is 2. The van der Waals surface area contributed by atoms with E-state index in [0.29, 0.717) is 37.1 Å². The molecule has 0 saturated carbocycles. The molecule has 0 unspecified atom stereocenters. The number of amides is 2. The fourth-order valence-corrected chi connectivity index (χ4v) is 5.13. The van der Waals surface area contributed by atoms with Gasteiger partial charge in [0.25, 0.3) is 0 Å². The van der Waals surface area contributed by atoms with Crippen molar-refractivity contribution in [2.75, 3.05) is 26.2 Å². The molecule has 3 rings (SSSR count). The molecule has 0 aliphatic carbocycles. The first-order valence-corrected chi connectivity index (χ1v) is 13.1. The Morgan fingerprint density at radius 2 is 1.94 bits per heavy atom. The summed E-state index contributed by atoms with van der Waals surface area (Å²) in [6.45, 7) is 10.0. The third-order valence-electron chi connectivity index (χ3n) is 6.13. The van der Waals surface area contributed by atoms with Gasteiger partial charge in [0.2, 0.25) is 11.8 Å². The van der Waals surface area contributed by atoms with Crippen LogP contribution in [0.25, 0.3) is 0 Å². The van der Waals surface area contributed by atoms with Crippen LogP contribution in [0.5, 0.6) is 5.75 Å². The van der Waals surface area contributed by atoms with E-state index in [0.717, 1.165) is 24.2 Å². The maximum atomic E-state index is 13.5. The van der Waals surface area contributed by atoms with E-state index in [1.54, 1.807) is 28.4 Å². The second-order valence-corrected chi connectivity index (χ2v) is 10.7. The molecule has 180 valence electrons. The monoisotopic (exact) mass is 490 g/mol. The Labute approximate surface area is 206 Å². The quantitative estimate of drug-likeness (QED) is 0.421. The zero-order chi connectivity index (χ0) is 24.0. The lowest BCUT2D eigenvalue weighted by atomic mass is 10.00. The van der Waals surface area contributed by atoms with Crippen LogP contribution in [0.15, 0.2) is 35.7 Å². The van der Waals surface area contributed by atoms with Crippen molar-refractivity contribution in [3.63, 3.8) is 0 Å². The number of halogens is 1. The Morgan fingerprint density at radius 1 is 1.21 bits per heavy atom. The van der Waals surface area contributed by atoms with Crippen LogP contribution in [-0.4, -0.2) is 47.9 Å². The predicted octanol–water partition coefficient (Wildman–Crippen LogP) is 5.83. The average molecular weight is 491 g/mol. The molecule has 1 aliphatic heterocycles. The van der Waals surface area contributed by atoms with Gasteiger partial charge in [0, 0.05) is 29.4 Å². The maximum absolute atomic E-state index is 13.5. The van der Waals surface area contributed by atoms with Gasteiger partial charge < -0.3 is 14.5 Å². The molecule has 1 aliphatic rings. The van der Waals surface area contributed by atoms with Gasteiger partial charge in [-0.1, -0.05) is 45.7 Å². The third-order valence-corrected chi connectivity index (χ3v) is 7.38. The van der Waals surface area contributed by atoms with Gasteiger partial charge in [-0.3, -0.25) is 9.59 Å². The SMILES string of the molecule is CC[C@@H](C)CN(CC(=O)N1CCc2sccc2[C@@H]1COc1ccc(Cl)cc1)C(=O)CC(C)C. The average Bonchev–Trinajstić information content (AvgIpc) is 3.26. The number of hydrogen-bond acceptors (Lipinski definition) is 4. The molecule has 2 aromatic rings. The highest BCUT2D eigenvalue weighted by atomic mass is 35.5. The summed E-state index contributed by atoms with van der Waals surface area (Å²) in [5.74, 6) is 1.37.